The van der Waals surface area contributed by atoms with Crippen LogP contribution < -0.4 is 14.8 Å². The third kappa shape index (κ3) is 5.72. The fourth-order valence-electron chi connectivity index (χ4n) is 2.37. The molecular formula is C21H21N3O3S. The van der Waals surface area contributed by atoms with Crippen LogP contribution >= 0.6 is 11.8 Å². The maximum Gasteiger partial charge on any atom is 0.252 e. The van der Waals surface area contributed by atoms with E-state index in [0.29, 0.717) is 23.2 Å². The lowest BCUT2D eigenvalue weighted by atomic mass is 10.2. The number of hydrogen-bond donors (Lipinski definition) is 1. The molecule has 0 unspecified atom stereocenters. The molecule has 3 rings (SSSR count). The van der Waals surface area contributed by atoms with Crippen molar-refractivity contribution in [1.82, 2.24) is 15.3 Å². The Bertz CT molecular complexity index is 932. The summed E-state index contributed by atoms with van der Waals surface area (Å²) in [5.74, 6) is 1.94. The number of aryl methyl sites for hydroxylation is 1. The Morgan fingerprint density at radius 1 is 1.07 bits per heavy atom. The minimum Gasteiger partial charge on any atom is -0.497 e. The second-order valence-corrected chi connectivity index (χ2v) is 6.96. The van der Waals surface area contributed by atoms with Gasteiger partial charge in [-0.1, -0.05) is 41.6 Å². The molecule has 0 aliphatic heterocycles. The summed E-state index contributed by atoms with van der Waals surface area (Å²) in [4.78, 5) is 20.7. The lowest BCUT2D eigenvalue weighted by Gasteiger charge is -2.09. The summed E-state index contributed by atoms with van der Waals surface area (Å²) in [5.41, 5.74) is 2.12. The van der Waals surface area contributed by atoms with E-state index in [4.69, 9.17) is 9.47 Å². The molecule has 2 aromatic carbocycles. The van der Waals surface area contributed by atoms with Crippen LogP contribution in [0.4, 0.5) is 0 Å². The summed E-state index contributed by atoms with van der Waals surface area (Å²) in [6.45, 7) is 2.45. The van der Waals surface area contributed by atoms with E-state index in [2.05, 4.69) is 15.3 Å². The van der Waals surface area contributed by atoms with Gasteiger partial charge in [-0.3, -0.25) is 4.79 Å². The number of nitrogens with zero attached hydrogens (tertiary/aromatic N) is 2. The first kappa shape index (κ1) is 19.7. The van der Waals surface area contributed by atoms with E-state index in [1.54, 1.807) is 19.5 Å². The molecule has 0 aliphatic carbocycles. The molecule has 0 radical (unpaired) electrons. The van der Waals surface area contributed by atoms with Gasteiger partial charge in [0.15, 0.2) is 5.03 Å². The number of amides is 1. The van der Waals surface area contributed by atoms with Gasteiger partial charge in [-0.2, -0.15) is 0 Å². The van der Waals surface area contributed by atoms with Crippen LogP contribution in [0.1, 0.15) is 11.1 Å². The zero-order valence-corrected chi connectivity index (χ0v) is 16.5. The van der Waals surface area contributed by atoms with Gasteiger partial charge in [0.05, 0.1) is 12.9 Å². The largest absolute Gasteiger partial charge is 0.497 e. The Morgan fingerprint density at radius 2 is 1.86 bits per heavy atom. The van der Waals surface area contributed by atoms with Crippen LogP contribution in [0.3, 0.4) is 0 Å². The lowest BCUT2D eigenvalue weighted by molar-refractivity contribution is -0.118. The molecule has 0 saturated carbocycles. The van der Waals surface area contributed by atoms with E-state index in [-0.39, 0.29) is 11.7 Å². The molecule has 7 heteroatoms. The van der Waals surface area contributed by atoms with E-state index in [0.717, 1.165) is 16.9 Å². The van der Waals surface area contributed by atoms with Gasteiger partial charge in [0.2, 0.25) is 5.91 Å². The number of carbonyl (C=O) groups is 1. The molecule has 144 valence electrons. The highest BCUT2D eigenvalue weighted by molar-refractivity contribution is 8.00. The van der Waals surface area contributed by atoms with Crippen molar-refractivity contribution in [3.8, 4) is 17.4 Å². The summed E-state index contributed by atoms with van der Waals surface area (Å²) in [6.07, 6.45) is 3.15. The molecule has 6 nitrogen and oxygen atoms in total. The van der Waals surface area contributed by atoms with Crippen LogP contribution in [0, 0.1) is 6.92 Å². The fourth-order valence-corrected chi connectivity index (χ4v) is 3.09. The van der Waals surface area contributed by atoms with Gasteiger partial charge in [-0.25, -0.2) is 9.97 Å². The third-order valence-corrected chi connectivity index (χ3v) is 4.79. The van der Waals surface area contributed by atoms with Gasteiger partial charge in [-0.05, 0) is 36.8 Å². The Balaban J connectivity index is 1.55. The third-order valence-electron chi connectivity index (χ3n) is 3.83. The van der Waals surface area contributed by atoms with E-state index >= 15 is 0 Å². The summed E-state index contributed by atoms with van der Waals surface area (Å²) in [5, 5.41) is 3.46. The second kappa shape index (κ2) is 9.75. The number of methoxy groups -OCH3 is 1. The Hall–Kier alpha value is -3.06. The summed E-state index contributed by atoms with van der Waals surface area (Å²) < 4.78 is 11.0. The van der Waals surface area contributed by atoms with Crippen molar-refractivity contribution in [2.45, 2.75) is 18.5 Å². The molecule has 0 aliphatic rings. The molecule has 0 atom stereocenters. The van der Waals surface area contributed by atoms with Crippen LogP contribution in [0.15, 0.2) is 66.0 Å². The zero-order chi connectivity index (χ0) is 19.8. The molecule has 0 bridgehead atoms. The van der Waals surface area contributed by atoms with Crippen LogP contribution in [0.2, 0.25) is 0 Å². The fraction of sp³-hybridized carbons (Fsp3) is 0.190. The van der Waals surface area contributed by atoms with Gasteiger partial charge in [0.1, 0.15) is 11.5 Å². The number of benzene rings is 2. The molecular weight excluding hydrogens is 374 g/mol. The van der Waals surface area contributed by atoms with Crippen molar-refractivity contribution >= 4 is 17.7 Å². The quantitative estimate of drug-likeness (QED) is 0.581. The molecule has 1 aromatic heterocycles. The van der Waals surface area contributed by atoms with Crippen LogP contribution in [-0.2, 0) is 11.3 Å². The molecule has 0 fully saturated rings. The van der Waals surface area contributed by atoms with Gasteiger partial charge in [0, 0.05) is 18.9 Å². The minimum absolute atomic E-state index is 0.0974. The first-order chi connectivity index (χ1) is 13.6. The normalized spacial score (nSPS) is 10.4. The average Bonchev–Trinajstić information content (AvgIpc) is 2.73. The van der Waals surface area contributed by atoms with Crippen molar-refractivity contribution in [2.75, 3.05) is 12.9 Å². The highest BCUT2D eigenvalue weighted by atomic mass is 32.2. The molecule has 28 heavy (non-hydrogen) atoms. The van der Waals surface area contributed by atoms with Crippen LogP contribution in [0.5, 0.6) is 17.4 Å². The smallest absolute Gasteiger partial charge is 0.252 e. The SMILES string of the molecule is COc1cccc(CNC(=O)CSc2nccnc2Oc2ccc(C)cc2)c1. The number of ether oxygens (including phenoxy) is 2. The predicted octanol–water partition coefficient (Wildman–Crippen LogP) is 3.99. The number of carbonyl (C=O) groups excluding carboxylic acids is 1. The Morgan fingerprint density at radius 3 is 2.64 bits per heavy atom. The van der Waals surface area contributed by atoms with Gasteiger partial charge < -0.3 is 14.8 Å². The van der Waals surface area contributed by atoms with Crippen molar-refractivity contribution in [3.63, 3.8) is 0 Å². The average molecular weight is 395 g/mol. The first-order valence-electron chi connectivity index (χ1n) is 8.72. The first-order valence-corrected chi connectivity index (χ1v) is 9.70. The summed E-state index contributed by atoms with van der Waals surface area (Å²) >= 11 is 1.29. The molecule has 0 saturated heterocycles. The van der Waals surface area contributed by atoms with Gasteiger partial charge in [0.25, 0.3) is 5.88 Å². The Labute approximate surface area is 168 Å². The highest BCUT2D eigenvalue weighted by Gasteiger charge is 2.11. The number of thioether (sulfide) groups is 1. The van der Waals surface area contributed by atoms with Gasteiger partial charge in [-0.15, -0.1) is 0 Å². The van der Waals surface area contributed by atoms with Gasteiger partial charge >= 0.3 is 0 Å². The summed E-state index contributed by atoms with van der Waals surface area (Å²) in [7, 11) is 1.62. The number of nitrogens with one attached hydrogen (secondary N) is 1. The predicted molar refractivity (Wildman–Crippen MR) is 109 cm³/mol. The molecule has 0 spiro atoms. The van der Waals surface area contributed by atoms with Crippen LogP contribution in [-0.4, -0.2) is 28.7 Å². The standard InChI is InChI=1S/C21H21N3O3S/c1-15-6-8-17(9-7-15)27-20-21(23-11-10-22-20)28-14-19(25)24-13-16-4-3-5-18(12-16)26-2/h3-12H,13-14H2,1-2H3,(H,24,25). The minimum atomic E-state index is -0.0974. The van der Waals surface area contributed by atoms with E-state index < -0.39 is 0 Å². The molecule has 3 aromatic rings. The van der Waals surface area contributed by atoms with Crippen molar-refractivity contribution in [3.05, 3.63) is 72.1 Å². The molecule has 1 N–H and O–H groups in total. The van der Waals surface area contributed by atoms with Crippen LogP contribution in [0.25, 0.3) is 0 Å². The molecule has 1 heterocycles. The maximum absolute atomic E-state index is 12.2. The Kier molecular flexibility index (Phi) is 6.86. The topological polar surface area (TPSA) is 73.3 Å². The molecule has 1 amide bonds. The maximum atomic E-state index is 12.2. The van der Waals surface area contributed by atoms with E-state index in [9.17, 15) is 4.79 Å². The number of rotatable bonds is 8. The number of aromatic nitrogens is 2. The highest BCUT2D eigenvalue weighted by Crippen LogP contribution is 2.28. The van der Waals surface area contributed by atoms with Crippen molar-refractivity contribution < 1.29 is 14.3 Å². The lowest BCUT2D eigenvalue weighted by Crippen LogP contribution is -2.24. The van der Waals surface area contributed by atoms with E-state index in [1.807, 2.05) is 55.5 Å². The van der Waals surface area contributed by atoms with E-state index in [1.165, 1.54) is 11.8 Å². The van der Waals surface area contributed by atoms with Crippen molar-refractivity contribution in [2.24, 2.45) is 0 Å². The number of hydrogen-bond acceptors (Lipinski definition) is 6. The monoisotopic (exact) mass is 395 g/mol. The second-order valence-electron chi connectivity index (χ2n) is 6.00. The zero-order valence-electron chi connectivity index (χ0n) is 15.7. The van der Waals surface area contributed by atoms with Crippen molar-refractivity contribution in [1.29, 1.82) is 0 Å². The summed E-state index contributed by atoms with van der Waals surface area (Å²) in [6, 6.07) is 15.3.